The van der Waals surface area contributed by atoms with Gasteiger partial charge in [-0.05, 0) is 26.7 Å². The van der Waals surface area contributed by atoms with E-state index in [2.05, 4.69) is 32.2 Å². The number of esters is 2. The largest absolute Gasteiger partial charge is 0.422 e. The molecule has 0 heterocycles. The van der Waals surface area contributed by atoms with Gasteiger partial charge in [-0.15, -0.1) is 0 Å². The van der Waals surface area contributed by atoms with Crippen molar-refractivity contribution in [1.82, 2.24) is 0 Å². The summed E-state index contributed by atoms with van der Waals surface area (Å²) in [4.78, 5) is 25.0. The Hall–Kier alpha value is -3.14. The summed E-state index contributed by atoms with van der Waals surface area (Å²) in [6, 6.07) is 7.56. The van der Waals surface area contributed by atoms with Gasteiger partial charge in [0, 0.05) is 39.0 Å². The average Bonchev–Trinajstić information content (AvgIpc) is 2.75. The van der Waals surface area contributed by atoms with Crippen LogP contribution >= 0.6 is 0 Å². The zero-order valence-corrected chi connectivity index (χ0v) is 18.6. The lowest BCUT2D eigenvalue weighted by molar-refractivity contribution is -0.131. The predicted octanol–water partition coefficient (Wildman–Crippen LogP) is 6.58. The Morgan fingerprint density at radius 2 is 1.55 bits per heavy atom. The molecule has 1 aliphatic rings. The number of hydrogen-bond acceptors (Lipinski definition) is 4. The summed E-state index contributed by atoms with van der Waals surface area (Å²) in [5, 5.41) is 1.49. The molecule has 0 spiro atoms. The van der Waals surface area contributed by atoms with E-state index in [0.717, 1.165) is 47.6 Å². The lowest BCUT2D eigenvalue weighted by atomic mass is 9.81. The Morgan fingerprint density at radius 3 is 2.13 bits per heavy atom. The molecular formula is C27H30O4. The zero-order valence-electron chi connectivity index (χ0n) is 18.6. The second kappa shape index (κ2) is 9.78. The fourth-order valence-electron chi connectivity index (χ4n) is 3.93. The molecule has 2 aromatic rings. The van der Waals surface area contributed by atoms with Crippen LogP contribution in [0, 0.1) is 0 Å². The van der Waals surface area contributed by atoms with Gasteiger partial charge in [0.05, 0.1) is 0 Å². The second-order valence-electron chi connectivity index (χ2n) is 8.17. The smallest absolute Gasteiger partial charge is 0.338 e. The number of carbonyl (C=O) groups excluding carboxylic acids is 2. The minimum Gasteiger partial charge on any atom is -0.422 e. The maximum atomic E-state index is 12.5. The molecule has 0 aromatic heterocycles. The third kappa shape index (κ3) is 4.79. The molecule has 162 valence electrons. The molecule has 0 radical (unpaired) electrons. The Kier molecular flexibility index (Phi) is 7.11. The third-order valence-electron chi connectivity index (χ3n) is 5.53. The first-order valence-corrected chi connectivity index (χ1v) is 10.8. The average molecular weight is 419 g/mol. The number of rotatable bonds is 8. The van der Waals surface area contributed by atoms with Crippen LogP contribution in [0.1, 0.15) is 63.5 Å². The van der Waals surface area contributed by atoms with Crippen molar-refractivity contribution in [2.75, 3.05) is 0 Å². The van der Waals surface area contributed by atoms with Gasteiger partial charge in [-0.2, -0.15) is 0 Å². The van der Waals surface area contributed by atoms with Crippen molar-refractivity contribution >= 4 is 22.7 Å². The minimum atomic E-state index is -0.462. The first kappa shape index (κ1) is 22.5. The molecule has 0 N–H and O–H groups in total. The first-order chi connectivity index (χ1) is 14.8. The molecule has 3 rings (SSSR count). The fourth-order valence-corrected chi connectivity index (χ4v) is 3.93. The van der Waals surface area contributed by atoms with Crippen molar-refractivity contribution in [3.63, 3.8) is 0 Å². The standard InChI is InChI=1S/C27H30O4/c1-6-7-8-12-19-13-11-16-22-23(19)25(31-27(29)18(4)5)21-15-10-9-14-20(21)24(22)30-26(28)17(2)3/h9-11,13-15,19H,2,4,6-8,12,16H2,1,3,5H3. The van der Waals surface area contributed by atoms with Gasteiger partial charge >= 0.3 is 11.9 Å². The van der Waals surface area contributed by atoms with Crippen LogP contribution < -0.4 is 9.47 Å². The molecule has 0 bridgehead atoms. The zero-order chi connectivity index (χ0) is 22.5. The van der Waals surface area contributed by atoms with Gasteiger partial charge in [-0.25, -0.2) is 9.59 Å². The Morgan fingerprint density at radius 1 is 0.968 bits per heavy atom. The first-order valence-electron chi connectivity index (χ1n) is 10.8. The van der Waals surface area contributed by atoms with Gasteiger partial charge in [-0.1, -0.05) is 75.8 Å². The number of carbonyl (C=O) groups is 2. The molecular weight excluding hydrogens is 388 g/mol. The fraction of sp³-hybridized carbons (Fsp3) is 0.333. The van der Waals surface area contributed by atoms with Crippen LogP contribution in [0.15, 0.2) is 60.7 Å². The maximum Gasteiger partial charge on any atom is 0.338 e. The number of unbranched alkanes of at least 4 members (excludes halogenated alkanes) is 2. The van der Waals surface area contributed by atoms with Crippen LogP contribution in [-0.4, -0.2) is 11.9 Å². The van der Waals surface area contributed by atoms with Crippen molar-refractivity contribution in [2.45, 2.75) is 58.8 Å². The second-order valence-corrected chi connectivity index (χ2v) is 8.17. The molecule has 0 saturated heterocycles. The van der Waals surface area contributed by atoms with Crippen molar-refractivity contribution in [3.05, 3.63) is 71.8 Å². The monoisotopic (exact) mass is 418 g/mol. The van der Waals surface area contributed by atoms with Crippen molar-refractivity contribution < 1.29 is 19.1 Å². The van der Waals surface area contributed by atoms with E-state index in [9.17, 15) is 9.59 Å². The van der Waals surface area contributed by atoms with E-state index in [4.69, 9.17) is 9.47 Å². The van der Waals surface area contributed by atoms with Gasteiger partial charge < -0.3 is 9.47 Å². The van der Waals surface area contributed by atoms with E-state index in [1.165, 1.54) is 0 Å². The summed E-state index contributed by atoms with van der Waals surface area (Å²) in [5.41, 5.74) is 2.49. The molecule has 1 aliphatic carbocycles. The quantitative estimate of drug-likeness (QED) is 0.160. The molecule has 31 heavy (non-hydrogen) atoms. The van der Waals surface area contributed by atoms with Crippen LogP contribution in [0.25, 0.3) is 10.8 Å². The Balaban J connectivity index is 2.26. The van der Waals surface area contributed by atoms with Gasteiger partial charge in [0.15, 0.2) is 0 Å². The van der Waals surface area contributed by atoms with Gasteiger partial charge in [-0.3, -0.25) is 0 Å². The van der Waals surface area contributed by atoms with Crippen LogP contribution in [0.5, 0.6) is 11.5 Å². The Labute approximate surface area is 184 Å². The van der Waals surface area contributed by atoms with E-state index in [1.807, 2.05) is 24.3 Å². The summed E-state index contributed by atoms with van der Waals surface area (Å²) in [5.74, 6) is 0.227. The van der Waals surface area contributed by atoms with Crippen molar-refractivity contribution in [3.8, 4) is 11.5 Å². The molecule has 2 aromatic carbocycles. The van der Waals surface area contributed by atoms with Gasteiger partial charge in [0.2, 0.25) is 0 Å². The number of benzene rings is 2. The summed E-state index contributed by atoms with van der Waals surface area (Å²) in [7, 11) is 0. The van der Waals surface area contributed by atoms with Crippen molar-refractivity contribution in [2.24, 2.45) is 0 Å². The van der Waals surface area contributed by atoms with Crippen LogP contribution in [0.3, 0.4) is 0 Å². The van der Waals surface area contributed by atoms with Gasteiger partial charge in [0.25, 0.3) is 0 Å². The topological polar surface area (TPSA) is 52.6 Å². The summed E-state index contributed by atoms with van der Waals surface area (Å²) < 4.78 is 11.7. The summed E-state index contributed by atoms with van der Waals surface area (Å²) in [6.45, 7) is 12.9. The number of hydrogen-bond donors (Lipinski definition) is 0. The summed E-state index contributed by atoms with van der Waals surface area (Å²) >= 11 is 0. The van der Waals surface area contributed by atoms with Crippen LogP contribution in [0.2, 0.25) is 0 Å². The number of ether oxygens (including phenoxy) is 2. The molecule has 0 fully saturated rings. The highest BCUT2D eigenvalue weighted by molar-refractivity contribution is 6.01. The highest BCUT2D eigenvalue weighted by Gasteiger charge is 2.29. The lowest BCUT2D eigenvalue weighted by Crippen LogP contribution is -2.17. The highest BCUT2D eigenvalue weighted by atomic mass is 16.5. The highest BCUT2D eigenvalue weighted by Crippen LogP contribution is 2.48. The van der Waals surface area contributed by atoms with Gasteiger partial charge in [0.1, 0.15) is 11.5 Å². The minimum absolute atomic E-state index is 0.0788. The van der Waals surface area contributed by atoms with Crippen LogP contribution in [0.4, 0.5) is 0 Å². The van der Waals surface area contributed by atoms with E-state index >= 15 is 0 Å². The number of fused-ring (bicyclic) bond motifs is 2. The molecule has 1 unspecified atom stereocenters. The lowest BCUT2D eigenvalue weighted by Gasteiger charge is -2.27. The molecule has 0 amide bonds. The number of allylic oxidation sites excluding steroid dienone is 2. The molecule has 4 nitrogen and oxygen atoms in total. The van der Waals surface area contributed by atoms with E-state index in [0.29, 0.717) is 29.1 Å². The maximum absolute atomic E-state index is 12.5. The van der Waals surface area contributed by atoms with Crippen molar-refractivity contribution in [1.29, 1.82) is 0 Å². The Bertz CT molecular complexity index is 1070. The van der Waals surface area contributed by atoms with E-state index in [-0.39, 0.29) is 5.92 Å². The normalized spacial score (nSPS) is 14.7. The summed E-state index contributed by atoms with van der Waals surface area (Å²) in [6.07, 6.45) is 9.13. The van der Waals surface area contributed by atoms with Crippen LogP contribution in [-0.2, 0) is 16.0 Å². The molecule has 0 saturated carbocycles. The van der Waals surface area contributed by atoms with E-state index in [1.54, 1.807) is 13.8 Å². The molecule has 1 atom stereocenters. The SMILES string of the molecule is C=C(C)C(=O)Oc1c2c(c(OC(=O)C(=C)C)c3ccccc13)C(CCCCC)C=CC2. The van der Waals surface area contributed by atoms with E-state index < -0.39 is 11.9 Å². The predicted molar refractivity (Wildman–Crippen MR) is 125 cm³/mol. The molecule has 4 heteroatoms. The molecule has 0 aliphatic heterocycles. The third-order valence-corrected chi connectivity index (χ3v) is 5.53.